The number of thiazole rings is 1. The zero-order valence-corrected chi connectivity index (χ0v) is 18.3. The number of sulfonamides is 1. The topological polar surface area (TPSA) is 105 Å². The summed E-state index contributed by atoms with van der Waals surface area (Å²) in [5.41, 5.74) is 1.03. The smallest absolute Gasteiger partial charge is 0.353 e. The number of hydrogen-bond donors (Lipinski definition) is 2. The van der Waals surface area contributed by atoms with Crippen LogP contribution in [0.3, 0.4) is 0 Å². The lowest BCUT2D eigenvalue weighted by Gasteiger charge is -2.28. The van der Waals surface area contributed by atoms with Gasteiger partial charge in [0.05, 0.1) is 11.3 Å². The number of carbonyl (C=O) groups is 1. The number of rotatable bonds is 4. The second kappa shape index (κ2) is 8.39. The zero-order chi connectivity index (χ0) is 24.0. The molecule has 3 N–H and O–H groups in total. The van der Waals surface area contributed by atoms with E-state index in [1.165, 1.54) is 10.3 Å². The maximum atomic E-state index is 14.1. The quantitative estimate of drug-likeness (QED) is 0.529. The van der Waals surface area contributed by atoms with Gasteiger partial charge in [-0.05, 0) is 47.9 Å². The Morgan fingerprint density at radius 2 is 1.91 bits per heavy atom. The van der Waals surface area contributed by atoms with Crippen LogP contribution in [0.1, 0.15) is 27.2 Å². The first-order valence-electron chi connectivity index (χ1n) is 9.45. The van der Waals surface area contributed by atoms with E-state index in [0.717, 1.165) is 34.6 Å². The van der Waals surface area contributed by atoms with Gasteiger partial charge in [0.25, 0.3) is 15.9 Å². The van der Waals surface area contributed by atoms with Crippen molar-refractivity contribution in [3.05, 3.63) is 70.0 Å². The van der Waals surface area contributed by atoms with Gasteiger partial charge in [0.15, 0.2) is 0 Å². The molecule has 0 spiro atoms. The average molecular weight is 500 g/mol. The van der Waals surface area contributed by atoms with Crippen LogP contribution < -0.4 is 10.5 Å². The van der Waals surface area contributed by atoms with Crippen molar-refractivity contribution in [2.24, 2.45) is 5.14 Å². The van der Waals surface area contributed by atoms with Crippen molar-refractivity contribution in [2.75, 3.05) is 11.9 Å². The van der Waals surface area contributed by atoms with E-state index in [9.17, 15) is 30.8 Å². The van der Waals surface area contributed by atoms with Crippen molar-refractivity contribution in [3.8, 4) is 0 Å². The number of nitrogens with zero attached hydrogens (tertiary/aromatic N) is 2. The van der Waals surface area contributed by atoms with Crippen molar-refractivity contribution in [2.45, 2.75) is 23.5 Å². The summed E-state index contributed by atoms with van der Waals surface area (Å²) in [6, 6.07) is 7.37. The van der Waals surface area contributed by atoms with Gasteiger partial charge in [-0.1, -0.05) is 6.07 Å². The van der Waals surface area contributed by atoms with Crippen LogP contribution in [0.2, 0.25) is 0 Å². The molecule has 0 fully saturated rings. The fourth-order valence-electron chi connectivity index (χ4n) is 3.40. The van der Waals surface area contributed by atoms with E-state index < -0.39 is 33.5 Å². The third kappa shape index (κ3) is 4.99. The number of amides is 1. The van der Waals surface area contributed by atoms with E-state index in [1.807, 2.05) is 0 Å². The van der Waals surface area contributed by atoms with Crippen LogP contribution >= 0.6 is 11.3 Å². The lowest BCUT2D eigenvalue weighted by Crippen LogP contribution is -2.36. The molecule has 0 bridgehead atoms. The van der Waals surface area contributed by atoms with Crippen molar-refractivity contribution in [1.29, 1.82) is 0 Å². The first-order valence-corrected chi connectivity index (χ1v) is 11.9. The van der Waals surface area contributed by atoms with Gasteiger partial charge in [0.1, 0.15) is 11.5 Å². The summed E-state index contributed by atoms with van der Waals surface area (Å²) in [5.74, 6) is -1.46. The van der Waals surface area contributed by atoms with Crippen LogP contribution in [0.4, 0.5) is 28.9 Å². The molecular formula is C20H16F4N4O3S2. The molecule has 0 aliphatic carbocycles. The van der Waals surface area contributed by atoms with Gasteiger partial charge in [-0.25, -0.2) is 22.9 Å². The highest BCUT2D eigenvalue weighted by atomic mass is 32.2. The van der Waals surface area contributed by atoms with Crippen molar-refractivity contribution < 1.29 is 30.8 Å². The third-order valence-corrected chi connectivity index (χ3v) is 7.22. The predicted molar refractivity (Wildman–Crippen MR) is 113 cm³/mol. The molecule has 7 nitrogen and oxygen atoms in total. The normalized spacial score (nSPS) is 14.2. The van der Waals surface area contributed by atoms with Crippen LogP contribution in [0.25, 0.3) is 0 Å². The molecule has 2 aromatic carbocycles. The van der Waals surface area contributed by atoms with E-state index in [4.69, 9.17) is 5.14 Å². The molecule has 0 radical (unpaired) electrons. The Hall–Kier alpha value is -3.03. The summed E-state index contributed by atoms with van der Waals surface area (Å²) in [5, 5.41) is 9.15. The molecular weight excluding hydrogens is 484 g/mol. The zero-order valence-electron chi connectivity index (χ0n) is 16.7. The minimum atomic E-state index is -4.63. The summed E-state index contributed by atoms with van der Waals surface area (Å²) in [7, 11) is -3.99. The standard InChI is InChI=1S/C20H16F4N4O3S2/c21-15-8-13(20(22,23)24)2-4-16(15)26-14-3-1-12-9-28(6-5-11(12)7-14)18(29)17-10-32-19(27-17)33(25,30)31/h1-4,7-8,10,26H,5-6,9H2,(H2,25,30,31). The SMILES string of the molecule is NS(=O)(=O)c1nc(C(=O)N2CCc3cc(Nc4ccc(C(F)(F)F)cc4F)ccc3C2)cs1. The summed E-state index contributed by atoms with van der Waals surface area (Å²) >= 11 is 0.768. The van der Waals surface area contributed by atoms with Gasteiger partial charge in [0, 0.05) is 24.2 Å². The number of hydrogen-bond acceptors (Lipinski definition) is 6. The van der Waals surface area contributed by atoms with E-state index in [-0.39, 0.29) is 22.3 Å². The number of benzene rings is 2. The van der Waals surface area contributed by atoms with Gasteiger partial charge < -0.3 is 10.2 Å². The summed E-state index contributed by atoms with van der Waals surface area (Å²) < 4.78 is 74.7. The first kappa shape index (κ1) is 23.1. The maximum absolute atomic E-state index is 14.1. The Morgan fingerprint density at radius 1 is 1.15 bits per heavy atom. The molecule has 1 aromatic heterocycles. The molecule has 1 aliphatic heterocycles. The Balaban J connectivity index is 1.48. The van der Waals surface area contributed by atoms with Gasteiger partial charge in [-0.3, -0.25) is 4.79 Å². The second-order valence-electron chi connectivity index (χ2n) is 7.32. The van der Waals surface area contributed by atoms with Crippen molar-refractivity contribution in [1.82, 2.24) is 9.88 Å². The van der Waals surface area contributed by atoms with Crippen LogP contribution in [0, 0.1) is 5.82 Å². The molecule has 13 heteroatoms. The lowest BCUT2D eigenvalue weighted by atomic mass is 9.98. The molecule has 0 atom stereocenters. The van der Waals surface area contributed by atoms with Gasteiger partial charge in [-0.2, -0.15) is 13.2 Å². The minimum Gasteiger partial charge on any atom is -0.353 e. The Kier molecular flexibility index (Phi) is 5.88. The van der Waals surface area contributed by atoms with Crippen molar-refractivity contribution in [3.63, 3.8) is 0 Å². The van der Waals surface area contributed by atoms with Crippen LogP contribution in [-0.2, 0) is 29.2 Å². The van der Waals surface area contributed by atoms with Crippen LogP contribution in [-0.4, -0.2) is 30.8 Å². The first-order chi connectivity index (χ1) is 15.4. The van der Waals surface area contributed by atoms with Crippen molar-refractivity contribution >= 4 is 38.6 Å². The Morgan fingerprint density at radius 3 is 2.55 bits per heavy atom. The molecule has 4 rings (SSSR count). The van der Waals surface area contributed by atoms with E-state index in [2.05, 4.69) is 10.3 Å². The summed E-state index contributed by atoms with van der Waals surface area (Å²) in [6.07, 6.45) is -4.16. The second-order valence-corrected chi connectivity index (χ2v) is 9.91. The Bertz CT molecular complexity index is 1340. The number of nitrogens with one attached hydrogen (secondary N) is 1. The minimum absolute atomic E-state index is 0.0106. The molecule has 33 heavy (non-hydrogen) atoms. The van der Waals surface area contributed by atoms with Gasteiger partial charge in [0.2, 0.25) is 4.34 Å². The Labute approximate surface area is 189 Å². The van der Waals surface area contributed by atoms with Crippen LogP contribution in [0.5, 0.6) is 0 Å². The summed E-state index contributed by atoms with van der Waals surface area (Å²) in [6.45, 7) is 0.595. The number of fused-ring (bicyclic) bond motifs is 1. The third-order valence-electron chi connectivity index (χ3n) is 5.03. The van der Waals surface area contributed by atoms with Crippen LogP contribution in [0.15, 0.2) is 46.1 Å². The van der Waals surface area contributed by atoms with E-state index >= 15 is 0 Å². The molecule has 1 aliphatic rings. The number of alkyl halides is 3. The van der Waals surface area contributed by atoms with Gasteiger partial charge >= 0.3 is 6.18 Å². The van der Waals surface area contributed by atoms with E-state index in [1.54, 1.807) is 18.2 Å². The number of halogens is 4. The fourth-order valence-corrected chi connectivity index (χ4v) is 4.82. The highest BCUT2D eigenvalue weighted by Crippen LogP contribution is 2.33. The monoisotopic (exact) mass is 500 g/mol. The molecule has 0 unspecified atom stereocenters. The number of primary sulfonamides is 1. The number of carbonyl (C=O) groups excluding carboxylic acids is 1. The maximum Gasteiger partial charge on any atom is 0.416 e. The number of nitrogens with two attached hydrogens (primary N) is 1. The summed E-state index contributed by atoms with van der Waals surface area (Å²) in [4.78, 5) is 18.0. The van der Waals surface area contributed by atoms with Gasteiger partial charge in [-0.15, -0.1) is 11.3 Å². The lowest BCUT2D eigenvalue weighted by molar-refractivity contribution is -0.137. The molecule has 174 valence electrons. The average Bonchev–Trinajstić information content (AvgIpc) is 3.24. The van der Waals surface area contributed by atoms with E-state index in [0.29, 0.717) is 24.7 Å². The molecule has 0 saturated heterocycles. The molecule has 2 heterocycles. The molecule has 0 saturated carbocycles. The molecule has 3 aromatic rings. The highest BCUT2D eigenvalue weighted by molar-refractivity contribution is 7.91. The largest absolute Gasteiger partial charge is 0.416 e. The number of anilines is 2. The highest BCUT2D eigenvalue weighted by Gasteiger charge is 2.31. The number of aromatic nitrogens is 1. The fraction of sp³-hybridized carbons (Fsp3) is 0.200. The molecule has 1 amide bonds. The predicted octanol–water partition coefficient (Wildman–Crippen LogP) is 3.89.